The van der Waals surface area contributed by atoms with Gasteiger partial charge in [-0.15, -0.1) is 0 Å². The molecule has 3 nitrogen and oxygen atoms in total. The van der Waals surface area contributed by atoms with Crippen molar-refractivity contribution in [3.8, 4) is 11.3 Å². The van der Waals surface area contributed by atoms with Gasteiger partial charge in [0, 0.05) is 11.8 Å². The van der Waals surface area contributed by atoms with Crippen LogP contribution in [0.5, 0.6) is 0 Å². The van der Waals surface area contributed by atoms with Gasteiger partial charge >= 0.3 is 6.18 Å². The number of rotatable bonds is 2. The van der Waals surface area contributed by atoms with Crippen LogP contribution >= 0.6 is 0 Å². The fourth-order valence-corrected chi connectivity index (χ4v) is 2.20. The molecular formula is C15H9F3N2O. The molecule has 0 saturated heterocycles. The lowest BCUT2D eigenvalue weighted by molar-refractivity contribution is -0.137. The Balaban J connectivity index is 2.33. The van der Waals surface area contributed by atoms with Crippen LogP contribution in [0.2, 0.25) is 0 Å². The Labute approximate surface area is 117 Å². The van der Waals surface area contributed by atoms with Gasteiger partial charge in [-0.2, -0.15) is 13.2 Å². The van der Waals surface area contributed by atoms with Gasteiger partial charge in [-0.05, 0) is 12.1 Å². The predicted octanol–water partition coefficient (Wildman–Crippen LogP) is 3.83. The number of halogens is 3. The number of pyridine rings is 1. The molecule has 1 aromatic carbocycles. The van der Waals surface area contributed by atoms with Crippen LogP contribution in [0.4, 0.5) is 13.2 Å². The summed E-state index contributed by atoms with van der Waals surface area (Å²) >= 11 is 0. The highest BCUT2D eigenvalue weighted by molar-refractivity contribution is 5.86. The van der Waals surface area contributed by atoms with Crippen LogP contribution in [0.1, 0.15) is 16.1 Å². The van der Waals surface area contributed by atoms with Gasteiger partial charge in [0.1, 0.15) is 11.3 Å². The van der Waals surface area contributed by atoms with Crippen molar-refractivity contribution in [1.29, 1.82) is 0 Å². The number of nitrogens with zero attached hydrogens (tertiary/aromatic N) is 2. The molecule has 21 heavy (non-hydrogen) atoms. The number of carbonyl (C=O) groups excluding carboxylic acids is 1. The van der Waals surface area contributed by atoms with Gasteiger partial charge in [-0.25, -0.2) is 4.98 Å². The van der Waals surface area contributed by atoms with Gasteiger partial charge < -0.3 is 0 Å². The van der Waals surface area contributed by atoms with E-state index in [0.29, 0.717) is 23.2 Å². The summed E-state index contributed by atoms with van der Waals surface area (Å²) in [6, 6.07) is 10.9. The van der Waals surface area contributed by atoms with Crippen LogP contribution in [0.15, 0.2) is 48.7 Å². The summed E-state index contributed by atoms with van der Waals surface area (Å²) in [7, 11) is 0. The Kier molecular flexibility index (Phi) is 3.01. The smallest absolute Gasteiger partial charge is 0.298 e. The maximum atomic E-state index is 12.8. The highest BCUT2D eigenvalue weighted by atomic mass is 19.4. The molecule has 0 bridgehead atoms. The fraction of sp³-hybridized carbons (Fsp3) is 0.0667. The van der Waals surface area contributed by atoms with Crippen LogP contribution in [-0.2, 0) is 6.18 Å². The standard InChI is InChI=1S/C15H9F3N2O/c16-15(17,18)11-6-7-13-19-12(9-21)14(20(13)8-11)10-4-2-1-3-5-10/h1-9H. The summed E-state index contributed by atoms with van der Waals surface area (Å²) in [5.74, 6) is 0. The minimum atomic E-state index is -4.45. The maximum Gasteiger partial charge on any atom is 0.417 e. The summed E-state index contributed by atoms with van der Waals surface area (Å²) in [6.45, 7) is 0. The molecule has 0 unspecified atom stereocenters. The third-order valence-electron chi connectivity index (χ3n) is 3.13. The number of aldehydes is 1. The molecule has 3 rings (SSSR count). The first-order valence-corrected chi connectivity index (χ1v) is 6.10. The monoisotopic (exact) mass is 290 g/mol. The van der Waals surface area contributed by atoms with Crippen LogP contribution in [-0.4, -0.2) is 15.7 Å². The van der Waals surface area contributed by atoms with E-state index in [2.05, 4.69) is 4.98 Å². The van der Waals surface area contributed by atoms with Crippen molar-refractivity contribution in [3.63, 3.8) is 0 Å². The summed E-state index contributed by atoms with van der Waals surface area (Å²) in [5.41, 5.74) is 0.602. The van der Waals surface area contributed by atoms with E-state index in [4.69, 9.17) is 0 Å². The highest BCUT2D eigenvalue weighted by Gasteiger charge is 2.31. The number of aromatic nitrogens is 2. The molecule has 0 spiro atoms. The molecule has 0 aliphatic heterocycles. The van der Waals surface area contributed by atoms with E-state index in [0.717, 1.165) is 12.3 Å². The van der Waals surface area contributed by atoms with E-state index in [1.165, 1.54) is 10.5 Å². The number of carbonyl (C=O) groups is 1. The van der Waals surface area contributed by atoms with E-state index < -0.39 is 11.7 Å². The zero-order chi connectivity index (χ0) is 15.0. The second-order valence-electron chi connectivity index (χ2n) is 4.47. The maximum absolute atomic E-state index is 12.8. The molecule has 0 aliphatic rings. The molecule has 2 heterocycles. The van der Waals surface area contributed by atoms with Crippen LogP contribution in [0.3, 0.4) is 0 Å². The van der Waals surface area contributed by atoms with E-state index in [1.807, 2.05) is 0 Å². The third kappa shape index (κ3) is 2.29. The van der Waals surface area contributed by atoms with Crippen molar-refractivity contribution < 1.29 is 18.0 Å². The van der Waals surface area contributed by atoms with Gasteiger partial charge in [0.2, 0.25) is 0 Å². The van der Waals surface area contributed by atoms with E-state index in [1.54, 1.807) is 30.3 Å². The average Bonchev–Trinajstić information content (AvgIpc) is 2.84. The molecule has 0 atom stereocenters. The Morgan fingerprint density at radius 2 is 1.76 bits per heavy atom. The van der Waals surface area contributed by atoms with Crippen LogP contribution in [0, 0.1) is 0 Å². The zero-order valence-corrected chi connectivity index (χ0v) is 10.6. The fourth-order valence-electron chi connectivity index (χ4n) is 2.20. The van der Waals surface area contributed by atoms with E-state index in [9.17, 15) is 18.0 Å². The van der Waals surface area contributed by atoms with Gasteiger partial charge in [0.05, 0.1) is 11.3 Å². The predicted molar refractivity (Wildman–Crippen MR) is 71.0 cm³/mol. The topological polar surface area (TPSA) is 34.4 Å². The Hall–Kier alpha value is -2.63. The molecule has 0 saturated carbocycles. The van der Waals surface area contributed by atoms with Crippen molar-refractivity contribution in [2.75, 3.05) is 0 Å². The Morgan fingerprint density at radius 1 is 1.05 bits per heavy atom. The van der Waals surface area contributed by atoms with Crippen molar-refractivity contribution in [2.45, 2.75) is 6.18 Å². The first kappa shape index (κ1) is 13.4. The highest BCUT2D eigenvalue weighted by Crippen LogP contribution is 2.31. The summed E-state index contributed by atoms with van der Waals surface area (Å²) in [4.78, 5) is 15.2. The van der Waals surface area contributed by atoms with E-state index >= 15 is 0 Å². The lowest BCUT2D eigenvalue weighted by atomic mass is 10.1. The SMILES string of the molecule is O=Cc1nc2ccc(C(F)(F)F)cn2c1-c1ccccc1. The minimum Gasteiger partial charge on any atom is -0.298 e. The van der Waals surface area contributed by atoms with Crippen molar-refractivity contribution in [1.82, 2.24) is 9.38 Å². The number of hydrogen-bond donors (Lipinski definition) is 0. The van der Waals surface area contributed by atoms with Crippen LogP contribution in [0.25, 0.3) is 16.9 Å². The number of hydrogen-bond acceptors (Lipinski definition) is 2. The molecule has 0 radical (unpaired) electrons. The second-order valence-corrected chi connectivity index (χ2v) is 4.47. The number of alkyl halides is 3. The first-order chi connectivity index (χ1) is 10.0. The molecule has 0 fully saturated rings. The first-order valence-electron chi connectivity index (χ1n) is 6.10. The van der Waals surface area contributed by atoms with Crippen LogP contribution < -0.4 is 0 Å². The van der Waals surface area contributed by atoms with Gasteiger partial charge in [-0.3, -0.25) is 9.20 Å². The van der Waals surface area contributed by atoms with Crippen molar-refractivity contribution >= 4 is 11.9 Å². The summed E-state index contributed by atoms with van der Waals surface area (Å²) in [5, 5.41) is 0. The molecular weight excluding hydrogens is 281 g/mol. The average molecular weight is 290 g/mol. The minimum absolute atomic E-state index is 0.112. The van der Waals surface area contributed by atoms with Gasteiger partial charge in [-0.1, -0.05) is 30.3 Å². The molecule has 106 valence electrons. The zero-order valence-electron chi connectivity index (χ0n) is 10.6. The van der Waals surface area contributed by atoms with Gasteiger partial charge in [0.15, 0.2) is 6.29 Å². The van der Waals surface area contributed by atoms with Gasteiger partial charge in [0.25, 0.3) is 0 Å². The number of imidazole rings is 1. The molecule has 0 N–H and O–H groups in total. The third-order valence-corrected chi connectivity index (χ3v) is 3.13. The molecule has 6 heteroatoms. The van der Waals surface area contributed by atoms with Crippen molar-refractivity contribution in [2.24, 2.45) is 0 Å². The Bertz CT molecular complexity index is 807. The summed E-state index contributed by atoms with van der Waals surface area (Å²) < 4.78 is 39.8. The quantitative estimate of drug-likeness (QED) is 0.672. The molecule has 0 amide bonds. The number of benzene rings is 1. The van der Waals surface area contributed by atoms with Crippen molar-refractivity contribution in [3.05, 3.63) is 59.9 Å². The lowest BCUT2D eigenvalue weighted by Crippen LogP contribution is -2.06. The normalized spacial score (nSPS) is 11.8. The largest absolute Gasteiger partial charge is 0.417 e. The molecule has 2 aromatic heterocycles. The van der Waals surface area contributed by atoms with E-state index in [-0.39, 0.29) is 5.69 Å². The number of fused-ring (bicyclic) bond motifs is 1. The molecule has 0 aliphatic carbocycles. The summed E-state index contributed by atoms with van der Waals surface area (Å²) in [6.07, 6.45) is -2.95. The lowest BCUT2D eigenvalue weighted by Gasteiger charge is -2.08. The molecule has 3 aromatic rings. The second kappa shape index (κ2) is 4.73. The Morgan fingerprint density at radius 3 is 2.38 bits per heavy atom.